The third-order valence-electron chi connectivity index (χ3n) is 3.76. The molecule has 3 rings (SSSR count). The van der Waals surface area contributed by atoms with Gasteiger partial charge in [0.2, 0.25) is 0 Å². The molecule has 8 heteroatoms. The first-order valence-corrected chi connectivity index (χ1v) is 7.50. The fraction of sp³-hybridized carbons (Fsp3) is 0.267. The number of halogens is 1. The van der Waals surface area contributed by atoms with Gasteiger partial charge in [0.1, 0.15) is 10.8 Å². The Bertz CT molecular complexity index is 759. The minimum Gasteiger partial charge on any atom is -0.469 e. The van der Waals surface area contributed by atoms with Crippen LogP contribution in [-0.2, 0) is 6.42 Å². The number of fused-ring (bicyclic) bond motifs is 1. The Labute approximate surface area is 136 Å². The van der Waals surface area contributed by atoms with Crippen LogP contribution in [0.3, 0.4) is 0 Å². The topological polar surface area (TPSA) is 97.4 Å². The first kappa shape index (κ1) is 15.4. The second kappa shape index (κ2) is 6.29. The smallest absolute Gasteiger partial charge is 0.319 e. The predicted molar refractivity (Wildman–Crippen MR) is 84.6 cm³/mol. The molecule has 1 aromatic carbocycles. The summed E-state index contributed by atoms with van der Waals surface area (Å²) in [5.74, 6) is 0.892. The van der Waals surface area contributed by atoms with Gasteiger partial charge in [0.25, 0.3) is 5.69 Å². The van der Waals surface area contributed by atoms with Crippen LogP contribution in [0.1, 0.15) is 30.2 Å². The van der Waals surface area contributed by atoms with Crippen molar-refractivity contribution in [2.24, 2.45) is 0 Å². The van der Waals surface area contributed by atoms with Crippen LogP contribution in [0.4, 0.5) is 16.2 Å². The van der Waals surface area contributed by atoms with Gasteiger partial charge in [-0.05, 0) is 31.0 Å². The molecule has 23 heavy (non-hydrogen) atoms. The molecule has 0 fully saturated rings. The van der Waals surface area contributed by atoms with Crippen LogP contribution in [0.5, 0.6) is 0 Å². The first-order valence-electron chi connectivity index (χ1n) is 7.12. The SMILES string of the molecule is O=C(Nc1ccc(Cl)c([N+](=O)[O-])c1)NC1CCCc2occc21. The van der Waals surface area contributed by atoms with Gasteiger partial charge in [-0.1, -0.05) is 11.6 Å². The van der Waals surface area contributed by atoms with Crippen molar-refractivity contribution in [3.05, 3.63) is 57.0 Å². The van der Waals surface area contributed by atoms with Gasteiger partial charge in [0.05, 0.1) is 17.2 Å². The van der Waals surface area contributed by atoms with Crippen LogP contribution in [-0.4, -0.2) is 11.0 Å². The number of anilines is 1. The van der Waals surface area contributed by atoms with Crippen molar-refractivity contribution in [2.75, 3.05) is 5.32 Å². The highest BCUT2D eigenvalue weighted by Crippen LogP contribution is 2.31. The molecule has 1 aliphatic carbocycles. The Morgan fingerprint density at radius 3 is 3.00 bits per heavy atom. The number of hydrogen-bond acceptors (Lipinski definition) is 4. The Morgan fingerprint density at radius 2 is 2.22 bits per heavy atom. The summed E-state index contributed by atoms with van der Waals surface area (Å²) in [6, 6.07) is 5.42. The minimum absolute atomic E-state index is 0.0243. The molecule has 120 valence electrons. The molecule has 0 saturated carbocycles. The van der Waals surface area contributed by atoms with E-state index in [1.807, 2.05) is 6.07 Å². The van der Waals surface area contributed by atoms with Crippen molar-refractivity contribution < 1.29 is 14.1 Å². The summed E-state index contributed by atoms with van der Waals surface area (Å²) in [6.45, 7) is 0. The number of nitro benzene ring substituents is 1. The number of furan rings is 1. The molecule has 2 amide bonds. The summed E-state index contributed by atoms with van der Waals surface area (Å²) in [5, 5.41) is 16.3. The van der Waals surface area contributed by atoms with E-state index in [0.29, 0.717) is 5.69 Å². The zero-order chi connectivity index (χ0) is 16.4. The number of nitrogens with zero attached hydrogens (tertiary/aromatic N) is 1. The predicted octanol–water partition coefficient (Wildman–Crippen LogP) is 4.04. The Kier molecular flexibility index (Phi) is 4.20. The fourth-order valence-electron chi connectivity index (χ4n) is 2.69. The molecule has 0 spiro atoms. The van der Waals surface area contributed by atoms with Crippen LogP contribution in [0, 0.1) is 10.1 Å². The van der Waals surface area contributed by atoms with Gasteiger partial charge in [-0.15, -0.1) is 0 Å². The van der Waals surface area contributed by atoms with Gasteiger partial charge < -0.3 is 15.1 Å². The summed E-state index contributed by atoms with van der Waals surface area (Å²) in [4.78, 5) is 22.4. The number of carbonyl (C=O) groups excluding carboxylic acids is 1. The second-order valence-corrected chi connectivity index (χ2v) is 5.67. The number of aryl methyl sites for hydroxylation is 1. The Morgan fingerprint density at radius 1 is 1.39 bits per heavy atom. The van der Waals surface area contributed by atoms with Gasteiger partial charge in [-0.2, -0.15) is 0 Å². The largest absolute Gasteiger partial charge is 0.469 e. The molecule has 2 N–H and O–H groups in total. The molecule has 0 radical (unpaired) electrons. The first-order chi connectivity index (χ1) is 11.0. The van der Waals surface area contributed by atoms with E-state index in [0.717, 1.165) is 30.6 Å². The van der Waals surface area contributed by atoms with Crippen molar-refractivity contribution in [3.8, 4) is 0 Å². The molecule has 0 bridgehead atoms. The lowest BCUT2D eigenvalue weighted by atomic mass is 9.93. The van der Waals surface area contributed by atoms with Gasteiger partial charge >= 0.3 is 6.03 Å². The standard InChI is InChI=1S/C15H14ClN3O4/c16-11-5-4-9(8-13(11)19(21)22)17-15(20)18-12-2-1-3-14-10(12)6-7-23-14/h4-8,12H,1-3H2,(H2,17,18,20). The highest BCUT2D eigenvalue weighted by atomic mass is 35.5. The average molecular weight is 336 g/mol. The summed E-state index contributed by atoms with van der Waals surface area (Å²) in [6.07, 6.45) is 4.23. The van der Waals surface area contributed by atoms with Gasteiger partial charge in [0.15, 0.2) is 0 Å². The lowest BCUT2D eigenvalue weighted by Gasteiger charge is -2.22. The molecule has 1 atom stereocenters. The van der Waals surface area contributed by atoms with Crippen molar-refractivity contribution in [1.29, 1.82) is 0 Å². The molecule has 0 aliphatic heterocycles. The lowest BCUT2D eigenvalue weighted by molar-refractivity contribution is -0.384. The molecule has 2 aromatic rings. The van der Waals surface area contributed by atoms with Crippen LogP contribution < -0.4 is 10.6 Å². The third-order valence-corrected chi connectivity index (χ3v) is 4.08. The third kappa shape index (κ3) is 3.29. The maximum absolute atomic E-state index is 12.1. The van der Waals surface area contributed by atoms with E-state index in [-0.39, 0.29) is 16.8 Å². The average Bonchev–Trinajstić information content (AvgIpc) is 2.98. The van der Waals surface area contributed by atoms with Crippen molar-refractivity contribution >= 4 is 29.0 Å². The van der Waals surface area contributed by atoms with Crippen LogP contribution in [0.2, 0.25) is 5.02 Å². The molecule has 0 saturated heterocycles. The van der Waals surface area contributed by atoms with Crippen molar-refractivity contribution in [2.45, 2.75) is 25.3 Å². The van der Waals surface area contributed by atoms with Crippen LogP contribution >= 0.6 is 11.6 Å². The molecule has 7 nitrogen and oxygen atoms in total. The van der Waals surface area contributed by atoms with E-state index < -0.39 is 11.0 Å². The number of benzene rings is 1. The number of nitro groups is 1. The number of carbonyl (C=O) groups is 1. The van der Waals surface area contributed by atoms with Gasteiger partial charge in [-0.25, -0.2) is 4.79 Å². The lowest BCUT2D eigenvalue weighted by Crippen LogP contribution is -2.34. The van der Waals surface area contributed by atoms with E-state index in [1.54, 1.807) is 6.26 Å². The molecule has 1 unspecified atom stereocenters. The fourth-order valence-corrected chi connectivity index (χ4v) is 2.88. The summed E-state index contributed by atoms with van der Waals surface area (Å²) in [7, 11) is 0. The van der Waals surface area contributed by atoms with E-state index in [4.69, 9.17) is 16.0 Å². The number of rotatable bonds is 3. The maximum atomic E-state index is 12.1. The molecule has 1 aromatic heterocycles. The van der Waals surface area contributed by atoms with E-state index in [1.165, 1.54) is 18.2 Å². The molecular formula is C15H14ClN3O4. The minimum atomic E-state index is -0.593. The number of nitrogens with one attached hydrogen (secondary N) is 2. The summed E-state index contributed by atoms with van der Waals surface area (Å²) >= 11 is 5.75. The second-order valence-electron chi connectivity index (χ2n) is 5.27. The number of hydrogen-bond donors (Lipinski definition) is 2. The monoisotopic (exact) mass is 335 g/mol. The van der Waals surface area contributed by atoms with Crippen molar-refractivity contribution in [3.63, 3.8) is 0 Å². The summed E-state index contributed by atoms with van der Waals surface area (Å²) < 4.78 is 5.38. The highest BCUT2D eigenvalue weighted by Gasteiger charge is 2.24. The van der Waals surface area contributed by atoms with Crippen molar-refractivity contribution in [1.82, 2.24) is 5.32 Å². The Balaban J connectivity index is 1.69. The van der Waals surface area contributed by atoms with Crippen LogP contribution in [0.15, 0.2) is 34.9 Å². The zero-order valence-corrected chi connectivity index (χ0v) is 12.8. The van der Waals surface area contributed by atoms with Gasteiger partial charge in [-0.3, -0.25) is 10.1 Å². The molecule has 1 aliphatic rings. The zero-order valence-electron chi connectivity index (χ0n) is 12.0. The quantitative estimate of drug-likeness (QED) is 0.653. The summed E-state index contributed by atoms with van der Waals surface area (Å²) in [5.41, 5.74) is 1.04. The van der Waals surface area contributed by atoms with E-state index in [2.05, 4.69) is 10.6 Å². The van der Waals surface area contributed by atoms with E-state index in [9.17, 15) is 14.9 Å². The van der Waals surface area contributed by atoms with E-state index >= 15 is 0 Å². The normalized spacial score (nSPS) is 16.5. The molecule has 1 heterocycles. The van der Waals surface area contributed by atoms with Gasteiger partial charge in [0, 0.05) is 23.7 Å². The maximum Gasteiger partial charge on any atom is 0.319 e. The number of urea groups is 1. The molecular weight excluding hydrogens is 322 g/mol. The Hall–Kier alpha value is -2.54. The number of amides is 2. The highest BCUT2D eigenvalue weighted by molar-refractivity contribution is 6.32. The van der Waals surface area contributed by atoms with Crippen LogP contribution in [0.25, 0.3) is 0 Å².